The van der Waals surface area contributed by atoms with Crippen LogP contribution in [0.1, 0.15) is 0 Å². The number of fused-ring (bicyclic) bond motifs is 1. The quantitative estimate of drug-likeness (QED) is 0.791. The number of nitrogens with zero attached hydrogens (tertiary/aromatic N) is 3. The number of benzene rings is 1. The van der Waals surface area contributed by atoms with Gasteiger partial charge in [-0.1, -0.05) is 23.5 Å². The smallest absolute Gasteiger partial charge is 0.253 e. The molecule has 0 aliphatic rings. The van der Waals surface area contributed by atoms with Crippen molar-refractivity contribution < 1.29 is 4.79 Å². The summed E-state index contributed by atoms with van der Waals surface area (Å²) in [6.07, 6.45) is 2.73. The standard InChI is InChI=1S/C13H10N4O2S/c18-11(7-17-8-14-6-5-12(17)19)16-13-15-9-3-1-2-4-10(9)20-13/h1-6,8H,7H2,(H,15,16,18). The Kier molecular flexibility index (Phi) is 3.26. The van der Waals surface area contributed by atoms with Gasteiger partial charge >= 0.3 is 0 Å². The lowest BCUT2D eigenvalue weighted by Gasteiger charge is -2.03. The second-order valence-electron chi connectivity index (χ2n) is 4.08. The molecule has 0 fully saturated rings. The Morgan fingerprint density at radius 2 is 2.15 bits per heavy atom. The van der Waals surface area contributed by atoms with Crippen LogP contribution in [0.3, 0.4) is 0 Å². The molecule has 1 aromatic carbocycles. The highest BCUT2D eigenvalue weighted by Crippen LogP contribution is 2.25. The van der Waals surface area contributed by atoms with Crippen LogP contribution in [0.5, 0.6) is 0 Å². The molecule has 3 rings (SSSR count). The molecule has 0 spiro atoms. The first kappa shape index (κ1) is 12.5. The number of carbonyl (C=O) groups excluding carboxylic acids is 1. The van der Waals surface area contributed by atoms with Crippen LogP contribution in [-0.2, 0) is 11.3 Å². The molecule has 1 amide bonds. The van der Waals surface area contributed by atoms with Gasteiger partial charge in [-0.05, 0) is 12.1 Å². The van der Waals surface area contributed by atoms with Crippen LogP contribution in [0.2, 0.25) is 0 Å². The molecule has 2 aromatic heterocycles. The van der Waals surface area contributed by atoms with Gasteiger partial charge in [-0.25, -0.2) is 9.97 Å². The van der Waals surface area contributed by atoms with Crippen molar-refractivity contribution in [1.29, 1.82) is 0 Å². The summed E-state index contributed by atoms with van der Waals surface area (Å²) in [4.78, 5) is 31.5. The molecule has 0 bridgehead atoms. The van der Waals surface area contributed by atoms with Crippen LogP contribution >= 0.6 is 11.3 Å². The molecule has 1 N–H and O–H groups in total. The lowest BCUT2D eigenvalue weighted by atomic mass is 10.3. The van der Waals surface area contributed by atoms with Crippen molar-refractivity contribution in [3.8, 4) is 0 Å². The third-order valence-electron chi connectivity index (χ3n) is 2.65. The Balaban J connectivity index is 1.76. The Bertz CT molecular complexity index is 791. The van der Waals surface area contributed by atoms with Crippen molar-refractivity contribution in [2.24, 2.45) is 0 Å². The van der Waals surface area contributed by atoms with Crippen molar-refractivity contribution in [3.63, 3.8) is 0 Å². The molecule has 3 aromatic rings. The van der Waals surface area contributed by atoms with E-state index in [9.17, 15) is 9.59 Å². The summed E-state index contributed by atoms with van der Waals surface area (Å²) in [5.41, 5.74) is 0.575. The molecular formula is C13H10N4O2S. The summed E-state index contributed by atoms with van der Waals surface area (Å²) >= 11 is 1.39. The number of amides is 1. The first-order valence-corrected chi connectivity index (χ1v) is 6.70. The minimum Gasteiger partial charge on any atom is -0.300 e. The third kappa shape index (κ3) is 2.57. The van der Waals surface area contributed by atoms with Gasteiger partial charge in [0.25, 0.3) is 5.56 Å². The van der Waals surface area contributed by atoms with Crippen LogP contribution in [0, 0.1) is 0 Å². The highest BCUT2D eigenvalue weighted by atomic mass is 32.1. The summed E-state index contributed by atoms with van der Waals surface area (Å²) in [5.74, 6) is -0.306. The van der Waals surface area contributed by atoms with Gasteiger partial charge in [0, 0.05) is 12.3 Å². The Morgan fingerprint density at radius 3 is 2.95 bits per heavy atom. The van der Waals surface area contributed by atoms with Crippen molar-refractivity contribution in [2.75, 3.05) is 5.32 Å². The van der Waals surface area contributed by atoms with Crippen LogP contribution in [0.4, 0.5) is 5.13 Å². The molecule has 0 aliphatic carbocycles. The molecule has 2 heterocycles. The second kappa shape index (κ2) is 5.22. The van der Waals surface area contributed by atoms with Crippen LogP contribution in [-0.4, -0.2) is 20.4 Å². The van der Waals surface area contributed by atoms with Crippen molar-refractivity contribution in [1.82, 2.24) is 14.5 Å². The number of hydrogen-bond acceptors (Lipinski definition) is 5. The number of aromatic nitrogens is 3. The number of carbonyl (C=O) groups is 1. The van der Waals surface area contributed by atoms with E-state index in [1.54, 1.807) is 0 Å². The largest absolute Gasteiger partial charge is 0.300 e. The van der Waals surface area contributed by atoms with Crippen LogP contribution in [0.25, 0.3) is 10.2 Å². The van der Waals surface area contributed by atoms with Crippen LogP contribution in [0.15, 0.2) is 47.7 Å². The van der Waals surface area contributed by atoms with Crippen molar-refractivity contribution >= 4 is 32.6 Å². The molecule has 0 saturated carbocycles. The maximum atomic E-state index is 11.9. The lowest BCUT2D eigenvalue weighted by Crippen LogP contribution is -2.26. The fraction of sp³-hybridized carbons (Fsp3) is 0.0769. The van der Waals surface area contributed by atoms with Gasteiger partial charge in [0.15, 0.2) is 5.13 Å². The highest BCUT2D eigenvalue weighted by Gasteiger charge is 2.08. The monoisotopic (exact) mass is 286 g/mol. The molecule has 0 saturated heterocycles. The number of nitrogens with one attached hydrogen (secondary N) is 1. The first-order chi connectivity index (χ1) is 9.72. The molecule has 6 nitrogen and oxygen atoms in total. The molecule has 0 unspecified atom stereocenters. The van der Waals surface area contributed by atoms with E-state index < -0.39 is 0 Å². The second-order valence-corrected chi connectivity index (χ2v) is 5.11. The fourth-order valence-electron chi connectivity index (χ4n) is 1.74. The fourth-order valence-corrected chi connectivity index (χ4v) is 2.62. The summed E-state index contributed by atoms with van der Waals surface area (Å²) in [7, 11) is 0. The number of anilines is 1. The van der Waals surface area contributed by atoms with Gasteiger partial charge in [-0.2, -0.15) is 0 Å². The third-order valence-corrected chi connectivity index (χ3v) is 3.60. The minimum absolute atomic E-state index is 0.0808. The van der Waals surface area contributed by atoms with E-state index in [1.165, 1.54) is 34.5 Å². The van der Waals surface area contributed by atoms with Gasteiger partial charge < -0.3 is 5.32 Å². The Labute approximate surface area is 117 Å². The SMILES string of the molecule is O=C(Cn1cnccc1=O)Nc1nc2ccccc2s1. The zero-order chi connectivity index (χ0) is 13.9. The number of hydrogen-bond donors (Lipinski definition) is 1. The van der Waals surface area contributed by atoms with E-state index >= 15 is 0 Å². The highest BCUT2D eigenvalue weighted by molar-refractivity contribution is 7.22. The molecule has 7 heteroatoms. The van der Waals surface area contributed by atoms with E-state index in [1.807, 2.05) is 24.3 Å². The average Bonchev–Trinajstić information content (AvgIpc) is 2.83. The maximum Gasteiger partial charge on any atom is 0.253 e. The summed E-state index contributed by atoms with van der Waals surface area (Å²) < 4.78 is 2.24. The zero-order valence-corrected chi connectivity index (χ0v) is 11.1. The maximum absolute atomic E-state index is 11.9. The van der Waals surface area contributed by atoms with E-state index in [2.05, 4.69) is 15.3 Å². The molecular weight excluding hydrogens is 276 g/mol. The lowest BCUT2D eigenvalue weighted by molar-refractivity contribution is -0.116. The van der Waals surface area contributed by atoms with Crippen molar-refractivity contribution in [2.45, 2.75) is 6.54 Å². The van der Waals surface area contributed by atoms with Gasteiger partial charge in [0.1, 0.15) is 6.54 Å². The van der Waals surface area contributed by atoms with Gasteiger partial charge in [0.2, 0.25) is 5.91 Å². The van der Waals surface area contributed by atoms with E-state index in [4.69, 9.17) is 0 Å². The van der Waals surface area contributed by atoms with Gasteiger partial charge in [-0.3, -0.25) is 14.2 Å². The van der Waals surface area contributed by atoms with Gasteiger partial charge in [0.05, 0.1) is 16.5 Å². The minimum atomic E-state index is -0.306. The van der Waals surface area contributed by atoms with E-state index in [0.29, 0.717) is 5.13 Å². The number of para-hydroxylation sites is 1. The predicted molar refractivity (Wildman–Crippen MR) is 76.7 cm³/mol. The Morgan fingerprint density at radius 1 is 1.30 bits per heavy atom. The summed E-state index contributed by atoms with van der Waals surface area (Å²) in [5, 5.41) is 3.21. The normalized spacial score (nSPS) is 10.6. The summed E-state index contributed by atoms with van der Waals surface area (Å²) in [6.45, 7) is -0.0808. The van der Waals surface area contributed by atoms with Crippen LogP contribution < -0.4 is 10.9 Å². The Hall–Kier alpha value is -2.54. The topological polar surface area (TPSA) is 76.9 Å². The molecule has 0 aliphatic heterocycles. The predicted octanol–water partition coefficient (Wildman–Crippen LogP) is 1.49. The van der Waals surface area contributed by atoms with E-state index in [-0.39, 0.29) is 18.0 Å². The average molecular weight is 286 g/mol. The molecule has 20 heavy (non-hydrogen) atoms. The van der Waals surface area contributed by atoms with E-state index in [0.717, 1.165) is 10.2 Å². The summed E-state index contributed by atoms with van der Waals surface area (Å²) in [6, 6.07) is 8.94. The van der Waals surface area contributed by atoms with Gasteiger partial charge in [-0.15, -0.1) is 0 Å². The zero-order valence-electron chi connectivity index (χ0n) is 10.3. The molecule has 0 radical (unpaired) electrons. The number of thiazole rings is 1. The van der Waals surface area contributed by atoms with Crippen molar-refractivity contribution in [3.05, 3.63) is 53.2 Å². The number of rotatable bonds is 3. The molecule has 100 valence electrons. The first-order valence-electron chi connectivity index (χ1n) is 5.88. The molecule has 0 atom stereocenters.